The molecule has 0 saturated carbocycles. The molecule has 1 aliphatic heterocycles. The molecule has 25 heavy (non-hydrogen) atoms. The van der Waals surface area contributed by atoms with Gasteiger partial charge in [0.25, 0.3) is 5.91 Å². The topological polar surface area (TPSA) is 75.4 Å². The van der Waals surface area contributed by atoms with Gasteiger partial charge in [-0.15, -0.1) is 0 Å². The molecular formula is C19H23N3O3. The van der Waals surface area contributed by atoms with Crippen LogP contribution < -0.4 is 5.32 Å². The summed E-state index contributed by atoms with van der Waals surface area (Å²) in [6.07, 6.45) is 2.63. The number of carbonyl (C=O) groups is 2. The smallest absolute Gasteiger partial charge is 0.325 e. The third-order valence-corrected chi connectivity index (χ3v) is 4.61. The first-order chi connectivity index (χ1) is 11.9. The normalized spacial score (nSPS) is 20.4. The number of oxazole rings is 1. The Morgan fingerprint density at radius 1 is 1.24 bits per heavy atom. The van der Waals surface area contributed by atoms with Gasteiger partial charge in [-0.3, -0.25) is 9.69 Å². The summed E-state index contributed by atoms with van der Waals surface area (Å²) < 4.78 is 5.38. The molecule has 1 atom stereocenters. The van der Waals surface area contributed by atoms with E-state index in [2.05, 4.69) is 10.3 Å². The highest BCUT2D eigenvalue weighted by Gasteiger charge is 2.47. The minimum atomic E-state index is -0.894. The molecule has 0 aliphatic carbocycles. The van der Waals surface area contributed by atoms with E-state index in [4.69, 9.17) is 4.42 Å². The molecule has 0 bridgehead atoms. The highest BCUT2D eigenvalue weighted by Crippen LogP contribution is 2.26. The van der Waals surface area contributed by atoms with E-state index in [1.54, 1.807) is 6.92 Å². The zero-order valence-electron chi connectivity index (χ0n) is 14.8. The Bertz CT molecular complexity index is 769. The molecular weight excluding hydrogens is 318 g/mol. The van der Waals surface area contributed by atoms with E-state index < -0.39 is 5.54 Å². The van der Waals surface area contributed by atoms with Gasteiger partial charge in [0.2, 0.25) is 0 Å². The van der Waals surface area contributed by atoms with Gasteiger partial charge in [0.15, 0.2) is 6.39 Å². The summed E-state index contributed by atoms with van der Waals surface area (Å²) in [6.45, 7) is 5.89. The Labute approximate surface area is 147 Å². The first-order valence-electron chi connectivity index (χ1n) is 8.51. The molecule has 1 aromatic carbocycles. The Hall–Kier alpha value is -2.63. The molecule has 6 nitrogen and oxygen atoms in total. The SMILES string of the molecule is CC(C)c1ocnc1CN1C(=O)N[C@@](C)(CCc2ccccc2)C1=O. The predicted molar refractivity (Wildman–Crippen MR) is 92.8 cm³/mol. The van der Waals surface area contributed by atoms with Gasteiger partial charge in [-0.2, -0.15) is 0 Å². The van der Waals surface area contributed by atoms with Crippen molar-refractivity contribution in [1.29, 1.82) is 0 Å². The van der Waals surface area contributed by atoms with Crippen LogP contribution in [0.4, 0.5) is 4.79 Å². The quantitative estimate of drug-likeness (QED) is 0.819. The van der Waals surface area contributed by atoms with Gasteiger partial charge < -0.3 is 9.73 Å². The van der Waals surface area contributed by atoms with Crippen LogP contribution in [0.3, 0.4) is 0 Å². The molecule has 1 saturated heterocycles. The average molecular weight is 341 g/mol. The lowest BCUT2D eigenvalue weighted by Gasteiger charge is -2.21. The van der Waals surface area contributed by atoms with Crippen molar-refractivity contribution in [2.24, 2.45) is 0 Å². The van der Waals surface area contributed by atoms with E-state index >= 15 is 0 Å². The summed E-state index contributed by atoms with van der Waals surface area (Å²) >= 11 is 0. The Kier molecular flexibility index (Phi) is 4.61. The van der Waals surface area contributed by atoms with Gasteiger partial charge in [0.05, 0.1) is 6.54 Å². The van der Waals surface area contributed by atoms with Crippen molar-refractivity contribution in [3.05, 3.63) is 53.7 Å². The van der Waals surface area contributed by atoms with Gasteiger partial charge in [-0.05, 0) is 25.3 Å². The van der Waals surface area contributed by atoms with E-state index in [0.717, 1.165) is 12.0 Å². The molecule has 6 heteroatoms. The maximum Gasteiger partial charge on any atom is 0.325 e. The fourth-order valence-corrected chi connectivity index (χ4v) is 3.12. The number of hydrogen-bond donors (Lipinski definition) is 1. The predicted octanol–water partition coefficient (Wildman–Crippen LogP) is 3.24. The number of nitrogens with one attached hydrogen (secondary N) is 1. The second-order valence-electron chi connectivity index (χ2n) is 6.96. The Morgan fingerprint density at radius 2 is 1.96 bits per heavy atom. The number of aromatic nitrogens is 1. The number of carbonyl (C=O) groups excluding carboxylic acids is 2. The van der Waals surface area contributed by atoms with E-state index in [-0.39, 0.29) is 24.4 Å². The summed E-state index contributed by atoms with van der Waals surface area (Å²) in [7, 11) is 0. The number of nitrogens with zero attached hydrogens (tertiary/aromatic N) is 2. The maximum atomic E-state index is 12.9. The van der Waals surface area contributed by atoms with Gasteiger partial charge in [-0.1, -0.05) is 44.2 Å². The van der Waals surface area contributed by atoms with Crippen LogP contribution in [0.5, 0.6) is 0 Å². The van der Waals surface area contributed by atoms with Crippen molar-refractivity contribution in [2.75, 3.05) is 0 Å². The minimum absolute atomic E-state index is 0.135. The Balaban J connectivity index is 1.72. The molecule has 0 radical (unpaired) electrons. The van der Waals surface area contributed by atoms with Crippen molar-refractivity contribution >= 4 is 11.9 Å². The lowest BCUT2D eigenvalue weighted by molar-refractivity contribution is -0.131. The van der Waals surface area contributed by atoms with Crippen molar-refractivity contribution in [1.82, 2.24) is 15.2 Å². The van der Waals surface area contributed by atoms with Crippen molar-refractivity contribution in [2.45, 2.75) is 51.6 Å². The zero-order valence-corrected chi connectivity index (χ0v) is 14.8. The van der Waals surface area contributed by atoms with Crippen LogP contribution in [0.1, 0.15) is 50.1 Å². The van der Waals surface area contributed by atoms with Crippen LogP contribution in [-0.4, -0.2) is 27.4 Å². The highest BCUT2D eigenvalue weighted by molar-refractivity contribution is 6.06. The molecule has 132 valence electrons. The average Bonchev–Trinajstić information content (AvgIpc) is 3.14. The number of aryl methyl sites for hydroxylation is 1. The standard InChI is InChI=1S/C19H23N3O3/c1-13(2)16-15(20-12-25-16)11-22-17(23)19(3,21-18(22)24)10-9-14-7-5-4-6-8-14/h4-8,12-13H,9-11H2,1-3H3,(H,21,24)/t19-/m0/s1. The van der Waals surface area contributed by atoms with Crippen LogP contribution in [0.15, 0.2) is 41.1 Å². The third-order valence-electron chi connectivity index (χ3n) is 4.61. The van der Waals surface area contributed by atoms with Crippen molar-refractivity contribution in [3.63, 3.8) is 0 Å². The molecule has 1 fully saturated rings. The van der Waals surface area contributed by atoms with E-state index in [0.29, 0.717) is 17.9 Å². The second-order valence-corrected chi connectivity index (χ2v) is 6.96. The summed E-state index contributed by atoms with van der Waals surface area (Å²) in [4.78, 5) is 30.6. The monoisotopic (exact) mass is 341 g/mol. The molecule has 1 aromatic heterocycles. The largest absolute Gasteiger partial charge is 0.448 e. The molecule has 0 spiro atoms. The van der Waals surface area contributed by atoms with Crippen LogP contribution in [0.2, 0.25) is 0 Å². The first-order valence-corrected chi connectivity index (χ1v) is 8.51. The maximum absolute atomic E-state index is 12.9. The van der Waals surface area contributed by atoms with E-state index in [9.17, 15) is 9.59 Å². The number of benzene rings is 1. The number of hydrogen-bond acceptors (Lipinski definition) is 4. The van der Waals surface area contributed by atoms with Gasteiger partial charge in [0.1, 0.15) is 17.0 Å². The van der Waals surface area contributed by atoms with Crippen molar-refractivity contribution in [3.8, 4) is 0 Å². The third kappa shape index (κ3) is 3.43. The van der Waals surface area contributed by atoms with Crippen LogP contribution in [0.25, 0.3) is 0 Å². The van der Waals surface area contributed by atoms with E-state index in [1.807, 2.05) is 44.2 Å². The van der Waals surface area contributed by atoms with E-state index in [1.165, 1.54) is 11.3 Å². The van der Waals surface area contributed by atoms with Crippen molar-refractivity contribution < 1.29 is 14.0 Å². The number of amides is 3. The van der Waals surface area contributed by atoms with Crippen LogP contribution >= 0.6 is 0 Å². The number of imide groups is 1. The van der Waals surface area contributed by atoms with Gasteiger partial charge >= 0.3 is 6.03 Å². The highest BCUT2D eigenvalue weighted by atomic mass is 16.3. The summed E-state index contributed by atoms with van der Waals surface area (Å²) in [5, 5.41) is 2.84. The molecule has 2 aromatic rings. The van der Waals surface area contributed by atoms with Crippen LogP contribution in [0, 0.1) is 0 Å². The molecule has 1 N–H and O–H groups in total. The van der Waals surface area contributed by atoms with Crippen LogP contribution in [-0.2, 0) is 17.8 Å². The number of urea groups is 1. The summed E-state index contributed by atoms with van der Waals surface area (Å²) in [6, 6.07) is 9.56. The molecule has 0 unspecified atom stereocenters. The molecule has 3 rings (SSSR count). The number of rotatable bonds is 6. The lowest BCUT2D eigenvalue weighted by atomic mass is 9.93. The van der Waals surface area contributed by atoms with Gasteiger partial charge in [0, 0.05) is 5.92 Å². The van der Waals surface area contributed by atoms with Gasteiger partial charge in [-0.25, -0.2) is 9.78 Å². The second kappa shape index (κ2) is 6.70. The molecule has 3 amide bonds. The summed E-state index contributed by atoms with van der Waals surface area (Å²) in [5.41, 5.74) is 0.878. The molecule has 2 heterocycles. The minimum Gasteiger partial charge on any atom is -0.448 e. The first kappa shape index (κ1) is 17.2. The lowest BCUT2D eigenvalue weighted by Crippen LogP contribution is -2.44. The summed E-state index contributed by atoms with van der Waals surface area (Å²) in [5.74, 6) is 0.632. The zero-order chi connectivity index (χ0) is 18.0. The fraction of sp³-hybridized carbons (Fsp3) is 0.421. The fourth-order valence-electron chi connectivity index (χ4n) is 3.12. The molecule has 1 aliphatic rings. The Morgan fingerprint density at radius 3 is 2.64 bits per heavy atom.